The molecule has 0 spiro atoms. The molecule has 0 amide bonds. The Morgan fingerprint density at radius 1 is 1.45 bits per heavy atom. The number of nitrogens with zero attached hydrogens (tertiary/aromatic N) is 1. The van der Waals surface area contributed by atoms with E-state index in [0.717, 1.165) is 16.9 Å². The molecule has 0 bridgehead atoms. The molecule has 1 aromatic carbocycles. The fourth-order valence-electron chi connectivity index (χ4n) is 0.877. The van der Waals surface area contributed by atoms with Crippen molar-refractivity contribution in [3.8, 4) is 0 Å². The molecule has 0 atom stereocenters. The molecule has 0 N–H and O–H groups in total. The van der Waals surface area contributed by atoms with Gasteiger partial charge in [0.25, 0.3) is 0 Å². The Labute approximate surface area is 71.6 Å². The van der Waals surface area contributed by atoms with E-state index in [4.69, 9.17) is 11.6 Å². The van der Waals surface area contributed by atoms with E-state index in [9.17, 15) is 4.39 Å². The average molecular weight is 188 g/mol. The van der Waals surface area contributed by atoms with E-state index in [0.29, 0.717) is 4.70 Å². The molecule has 2 aromatic rings. The van der Waals surface area contributed by atoms with Crippen molar-refractivity contribution in [3.05, 3.63) is 29.2 Å². The number of aromatic nitrogens is 1. The lowest BCUT2D eigenvalue weighted by Gasteiger charge is -1.92. The van der Waals surface area contributed by atoms with E-state index in [1.165, 1.54) is 6.07 Å². The minimum atomic E-state index is -0.369. The summed E-state index contributed by atoms with van der Waals surface area (Å²) in [5, 5.41) is 0.957. The zero-order valence-corrected chi connectivity index (χ0v) is 6.92. The quantitative estimate of drug-likeness (QED) is 0.618. The maximum atomic E-state index is 13.1. The van der Waals surface area contributed by atoms with Crippen molar-refractivity contribution in [2.75, 3.05) is 0 Å². The molecule has 0 saturated heterocycles. The van der Waals surface area contributed by atoms with Gasteiger partial charge in [-0.1, -0.05) is 17.7 Å². The summed E-state index contributed by atoms with van der Waals surface area (Å²) < 4.78 is 17.4. The summed E-state index contributed by atoms with van der Waals surface area (Å²) in [6.45, 7) is 0. The Bertz CT molecular complexity index is 398. The van der Waals surface area contributed by atoms with Crippen molar-refractivity contribution in [2.24, 2.45) is 0 Å². The SMILES string of the molecule is Fc1c(Cl)ccc2cnsc12. The molecular formula is C7H3ClFNS. The fourth-order valence-corrected chi connectivity index (χ4v) is 1.78. The van der Waals surface area contributed by atoms with Gasteiger partial charge in [0.2, 0.25) is 0 Å². The fraction of sp³-hybridized carbons (Fsp3) is 0. The molecule has 1 nitrogen and oxygen atoms in total. The molecule has 11 heavy (non-hydrogen) atoms. The first-order valence-electron chi connectivity index (χ1n) is 2.97. The number of benzene rings is 1. The standard InChI is InChI=1S/C7H3ClFNS/c8-5-2-1-4-3-10-11-7(4)6(5)9/h1-3H. The van der Waals surface area contributed by atoms with Crippen molar-refractivity contribution in [2.45, 2.75) is 0 Å². The second-order valence-corrected chi connectivity index (χ2v) is 3.31. The Morgan fingerprint density at radius 2 is 2.27 bits per heavy atom. The molecule has 1 aromatic heterocycles. The summed E-state index contributed by atoms with van der Waals surface area (Å²) in [7, 11) is 0. The molecule has 2 rings (SSSR count). The van der Waals surface area contributed by atoms with Crippen LogP contribution in [-0.4, -0.2) is 4.37 Å². The summed E-state index contributed by atoms with van der Waals surface area (Å²) in [6, 6.07) is 3.29. The lowest BCUT2D eigenvalue weighted by molar-refractivity contribution is 0.642. The van der Waals surface area contributed by atoms with Crippen LogP contribution in [-0.2, 0) is 0 Å². The molecule has 0 unspecified atom stereocenters. The molecular weight excluding hydrogens is 185 g/mol. The normalized spacial score (nSPS) is 10.7. The van der Waals surface area contributed by atoms with Gasteiger partial charge >= 0.3 is 0 Å². The van der Waals surface area contributed by atoms with E-state index in [1.807, 2.05) is 0 Å². The first-order chi connectivity index (χ1) is 5.29. The van der Waals surface area contributed by atoms with Gasteiger partial charge in [0, 0.05) is 11.6 Å². The average Bonchev–Trinajstić information content (AvgIpc) is 2.45. The van der Waals surface area contributed by atoms with Gasteiger partial charge < -0.3 is 0 Å². The van der Waals surface area contributed by atoms with Crippen LogP contribution in [0.5, 0.6) is 0 Å². The molecule has 0 aliphatic heterocycles. The largest absolute Gasteiger partial charge is 0.204 e. The Kier molecular flexibility index (Phi) is 1.55. The number of fused-ring (bicyclic) bond motifs is 1. The molecule has 0 fully saturated rings. The highest BCUT2D eigenvalue weighted by Gasteiger charge is 2.06. The second kappa shape index (κ2) is 2.43. The summed E-state index contributed by atoms with van der Waals surface area (Å²) in [5.41, 5.74) is 0. The lowest BCUT2D eigenvalue weighted by Crippen LogP contribution is -1.74. The van der Waals surface area contributed by atoms with Crippen LogP contribution >= 0.6 is 23.1 Å². The van der Waals surface area contributed by atoms with Crippen LogP contribution in [0.4, 0.5) is 4.39 Å². The third kappa shape index (κ3) is 1.01. The van der Waals surface area contributed by atoms with Gasteiger partial charge in [-0.05, 0) is 17.6 Å². The molecule has 4 heteroatoms. The highest BCUT2D eigenvalue weighted by molar-refractivity contribution is 7.13. The van der Waals surface area contributed by atoms with Crippen LogP contribution in [0.25, 0.3) is 10.1 Å². The van der Waals surface area contributed by atoms with Gasteiger partial charge in [-0.2, -0.15) is 4.37 Å². The number of halogens is 2. The monoisotopic (exact) mass is 187 g/mol. The van der Waals surface area contributed by atoms with Crippen LogP contribution in [0.3, 0.4) is 0 Å². The van der Waals surface area contributed by atoms with Crippen molar-refractivity contribution >= 4 is 33.2 Å². The first-order valence-corrected chi connectivity index (χ1v) is 4.12. The van der Waals surface area contributed by atoms with E-state index < -0.39 is 0 Å². The van der Waals surface area contributed by atoms with Crippen molar-refractivity contribution in [3.63, 3.8) is 0 Å². The Morgan fingerprint density at radius 3 is 3.09 bits per heavy atom. The van der Waals surface area contributed by atoms with Gasteiger partial charge in [-0.3, -0.25) is 0 Å². The predicted molar refractivity (Wildman–Crippen MR) is 44.6 cm³/mol. The van der Waals surface area contributed by atoms with Gasteiger partial charge in [-0.25, -0.2) is 4.39 Å². The third-order valence-corrected chi connectivity index (χ3v) is 2.52. The molecule has 0 radical (unpaired) electrons. The smallest absolute Gasteiger partial charge is 0.161 e. The highest BCUT2D eigenvalue weighted by atomic mass is 35.5. The first kappa shape index (κ1) is 7.00. The van der Waals surface area contributed by atoms with Crippen LogP contribution in [0.15, 0.2) is 18.3 Å². The van der Waals surface area contributed by atoms with Crippen LogP contribution in [0.2, 0.25) is 5.02 Å². The topological polar surface area (TPSA) is 12.9 Å². The van der Waals surface area contributed by atoms with Gasteiger partial charge in [0.15, 0.2) is 5.82 Å². The summed E-state index contributed by atoms with van der Waals surface area (Å²) in [5.74, 6) is -0.369. The molecule has 0 aliphatic rings. The highest BCUT2D eigenvalue weighted by Crippen LogP contribution is 2.26. The number of rotatable bonds is 0. The van der Waals surface area contributed by atoms with Gasteiger partial charge in [0.05, 0.1) is 9.72 Å². The van der Waals surface area contributed by atoms with Crippen molar-refractivity contribution in [1.82, 2.24) is 4.37 Å². The van der Waals surface area contributed by atoms with E-state index >= 15 is 0 Å². The minimum Gasteiger partial charge on any atom is -0.204 e. The molecule has 0 aliphatic carbocycles. The predicted octanol–water partition coefficient (Wildman–Crippen LogP) is 3.09. The van der Waals surface area contributed by atoms with Crippen molar-refractivity contribution < 1.29 is 4.39 Å². The second-order valence-electron chi connectivity index (χ2n) is 2.11. The van der Waals surface area contributed by atoms with E-state index in [-0.39, 0.29) is 10.8 Å². The lowest BCUT2D eigenvalue weighted by atomic mass is 10.3. The Hall–Kier alpha value is -0.670. The maximum Gasteiger partial charge on any atom is 0.161 e. The van der Waals surface area contributed by atoms with E-state index in [1.54, 1.807) is 12.3 Å². The van der Waals surface area contributed by atoms with Gasteiger partial charge in [-0.15, -0.1) is 0 Å². The van der Waals surface area contributed by atoms with Crippen molar-refractivity contribution in [1.29, 1.82) is 0 Å². The minimum absolute atomic E-state index is 0.154. The van der Waals surface area contributed by atoms with E-state index in [2.05, 4.69) is 4.37 Å². The maximum absolute atomic E-state index is 13.1. The van der Waals surface area contributed by atoms with Crippen LogP contribution in [0.1, 0.15) is 0 Å². The number of hydrogen-bond donors (Lipinski definition) is 0. The summed E-state index contributed by atoms with van der Waals surface area (Å²) in [6.07, 6.45) is 1.62. The van der Waals surface area contributed by atoms with Crippen LogP contribution < -0.4 is 0 Å². The zero-order chi connectivity index (χ0) is 7.84. The summed E-state index contributed by atoms with van der Waals surface area (Å²) in [4.78, 5) is 0. The summed E-state index contributed by atoms with van der Waals surface area (Å²) >= 11 is 6.67. The third-order valence-electron chi connectivity index (χ3n) is 1.42. The van der Waals surface area contributed by atoms with Crippen LogP contribution in [0, 0.1) is 5.82 Å². The molecule has 0 saturated carbocycles. The zero-order valence-electron chi connectivity index (χ0n) is 5.34. The number of hydrogen-bond acceptors (Lipinski definition) is 2. The molecule has 56 valence electrons. The Balaban J connectivity index is 2.93. The molecule has 1 heterocycles. The van der Waals surface area contributed by atoms with Gasteiger partial charge in [0.1, 0.15) is 0 Å².